The van der Waals surface area contributed by atoms with Gasteiger partial charge in [-0.25, -0.2) is 0 Å². The summed E-state index contributed by atoms with van der Waals surface area (Å²) < 4.78 is 0. The fraction of sp³-hybridized carbons (Fsp3) is 0. The number of amides is 1. The first-order valence-electron chi connectivity index (χ1n) is 6.60. The third-order valence-corrected chi connectivity index (χ3v) is 3.48. The first-order valence-corrected chi connectivity index (χ1v) is 7.76. The second-order valence-corrected chi connectivity index (χ2v) is 5.69. The number of halogens is 2. The maximum absolute atomic E-state index is 11.7. The van der Waals surface area contributed by atoms with Gasteiger partial charge in [-0.15, -0.1) is 0 Å². The summed E-state index contributed by atoms with van der Waals surface area (Å²) in [4.78, 5) is 11.7. The predicted octanol–water partition coefficient (Wildman–Crippen LogP) is 4.02. The molecule has 118 valence electrons. The lowest BCUT2D eigenvalue weighted by Gasteiger charge is -2.10. The Labute approximate surface area is 149 Å². The van der Waals surface area contributed by atoms with Gasteiger partial charge >= 0.3 is 0 Å². The summed E-state index contributed by atoms with van der Waals surface area (Å²) in [5, 5.41) is 4.30. The second-order valence-electron chi connectivity index (χ2n) is 4.43. The van der Waals surface area contributed by atoms with Gasteiger partial charge in [-0.2, -0.15) is 0 Å². The van der Waals surface area contributed by atoms with Crippen LogP contribution in [0.2, 0.25) is 10.0 Å². The van der Waals surface area contributed by atoms with E-state index in [-0.39, 0.29) is 11.0 Å². The van der Waals surface area contributed by atoms with Crippen molar-refractivity contribution in [1.29, 1.82) is 0 Å². The molecule has 0 heterocycles. The van der Waals surface area contributed by atoms with Crippen LogP contribution in [-0.2, 0) is 4.79 Å². The Hall–Kier alpha value is -2.08. The maximum Gasteiger partial charge on any atom is 0.262 e. The Morgan fingerprint density at radius 1 is 1.04 bits per heavy atom. The highest BCUT2D eigenvalue weighted by Crippen LogP contribution is 2.16. The number of hydrogen-bond donors (Lipinski definition) is 3. The van der Waals surface area contributed by atoms with Crippen molar-refractivity contribution < 1.29 is 4.79 Å². The number of carbonyl (C=O) groups is 1. The third kappa shape index (κ3) is 5.90. The first-order chi connectivity index (χ1) is 11.0. The molecule has 7 heteroatoms. The molecule has 0 bridgehead atoms. The van der Waals surface area contributed by atoms with Crippen molar-refractivity contribution in [3.05, 3.63) is 70.2 Å². The van der Waals surface area contributed by atoms with Crippen LogP contribution >= 0.6 is 35.4 Å². The molecule has 0 saturated carbocycles. The molecule has 0 saturated heterocycles. The number of benzene rings is 2. The molecule has 3 N–H and O–H groups in total. The first kappa shape index (κ1) is 17.3. The molecule has 4 nitrogen and oxygen atoms in total. The highest BCUT2D eigenvalue weighted by Gasteiger charge is 2.00. The lowest BCUT2D eigenvalue weighted by Crippen LogP contribution is -2.43. The summed E-state index contributed by atoms with van der Waals surface area (Å²) in [5.41, 5.74) is 6.52. The average Bonchev–Trinajstić information content (AvgIpc) is 2.52. The van der Waals surface area contributed by atoms with Crippen LogP contribution in [0.15, 0.2) is 54.6 Å². The second kappa shape index (κ2) is 8.53. The summed E-state index contributed by atoms with van der Waals surface area (Å²) in [5.74, 6) is -0.361. The minimum absolute atomic E-state index is 0.242. The van der Waals surface area contributed by atoms with Crippen LogP contribution in [-0.4, -0.2) is 11.0 Å². The number of hydrogen-bond acceptors (Lipinski definition) is 2. The highest BCUT2D eigenvalue weighted by molar-refractivity contribution is 7.80. The van der Waals surface area contributed by atoms with Crippen LogP contribution < -0.4 is 16.2 Å². The largest absolute Gasteiger partial charge is 0.331 e. The van der Waals surface area contributed by atoms with E-state index in [0.29, 0.717) is 10.0 Å². The van der Waals surface area contributed by atoms with Crippen LogP contribution in [0.1, 0.15) is 5.56 Å². The highest BCUT2D eigenvalue weighted by atomic mass is 35.5. The lowest BCUT2D eigenvalue weighted by molar-refractivity contribution is -0.116. The van der Waals surface area contributed by atoms with Crippen LogP contribution in [0, 0.1) is 0 Å². The molecular formula is C16H13Cl2N3OS. The van der Waals surface area contributed by atoms with E-state index in [1.54, 1.807) is 36.4 Å². The van der Waals surface area contributed by atoms with E-state index >= 15 is 0 Å². The van der Waals surface area contributed by atoms with E-state index in [0.717, 1.165) is 11.3 Å². The molecule has 0 spiro atoms. The topological polar surface area (TPSA) is 53.2 Å². The Morgan fingerprint density at radius 2 is 1.83 bits per heavy atom. The van der Waals surface area contributed by atoms with Crippen molar-refractivity contribution in [2.45, 2.75) is 0 Å². The van der Waals surface area contributed by atoms with Gasteiger partial charge in [-0.1, -0.05) is 47.5 Å². The van der Waals surface area contributed by atoms with Crippen LogP contribution in [0.5, 0.6) is 0 Å². The molecular weight excluding hydrogens is 353 g/mol. The fourth-order valence-electron chi connectivity index (χ4n) is 1.66. The van der Waals surface area contributed by atoms with E-state index in [1.165, 1.54) is 6.08 Å². The lowest BCUT2D eigenvalue weighted by atomic mass is 10.2. The number of hydrazine groups is 1. The van der Waals surface area contributed by atoms with Gasteiger partial charge in [0, 0.05) is 21.8 Å². The molecule has 0 radical (unpaired) electrons. The quantitative estimate of drug-likeness (QED) is 0.436. The molecule has 0 aliphatic rings. The Balaban J connectivity index is 1.82. The minimum atomic E-state index is -0.361. The van der Waals surface area contributed by atoms with Gasteiger partial charge in [0.2, 0.25) is 0 Å². The molecule has 2 rings (SSSR count). The van der Waals surface area contributed by atoms with E-state index in [2.05, 4.69) is 16.2 Å². The van der Waals surface area contributed by atoms with E-state index < -0.39 is 0 Å². The van der Waals surface area contributed by atoms with Gasteiger partial charge < -0.3 is 5.32 Å². The summed E-state index contributed by atoms with van der Waals surface area (Å²) in [6.07, 6.45) is 2.98. The van der Waals surface area contributed by atoms with Gasteiger partial charge in [0.05, 0.1) is 0 Å². The molecule has 23 heavy (non-hydrogen) atoms. The SMILES string of the molecule is O=C(/C=C/c1ccccc1Cl)NNC(=S)Nc1cccc(Cl)c1. The molecule has 0 unspecified atom stereocenters. The van der Waals surface area contributed by atoms with Gasteiger partial charge in [0.15, 0.2) is 5.11 Å². The maximum atomic E-state index is 11.7. The molecule has 0 atom stereocenters. The molecule has 1 amide bonds. The number of nitrogens with one attached hydrogen (secondary N) is 3. The summed E-state index contributed by atoms with van der Waals surface area (Å²) in [6.45, 7) is 0. The van der Waals surface area contributed by atoms with Crippen LogP contribution in [0.3, 0.4) is 0 Å². The molecule has 0 aliphatic carbocycles. The zero-order chi connectivity index (χ0) is 16.7. The smallest absolute Gasteiger partial charge is 0.262 e. The number of carbonyl (C=O) groups excluding carboxylic acids is 1. The minimum Gasteiger partial charge on any atom is -0.331 e. The molecule has 0 aromatic heterocycles. The summed E-state index contributed by atoms with van der Waals surface area (Å²) >= 11 is 16.9. The van der Waals surface area contributed by atoms with E-state index in [1.807, 2.05) is 18.2 Å². The van der Waals surface area contributed by atoms with Crippen molar-refractivity contribution in [3.8, 4) is 0 Å². The van der Waals surface area contributed by atoms with Gasteiger partial charge in [0.25, 0.3) is 5.91 Å². The predicted molar refractivity (Wildman–Crippen MR) is 99.4 cm³/mol. The molecule has 0 aliphatic heterocycles. The Kier molecular flexibility index (Phi) is 6.40. The standard InChI is InChI=1S/C16H13Cl2N3OS/c17-12-5-3-6-13(10-12)19-16(23)21-20-15(22)9-8-11-4-1-2-7-14(11)18/h1-10H,(H,20,22)(H2,19,21,23)/b9-8+. The monoisotopic (exact) mass is 365 g/mol. The third-order valence-electron chi connectivity index (χ3n) is 2.70. The van der Waals surface area contributed by atoms with Crippen molar-refractivity contribution >= 4 is 58.2 Å². The zero-order valence-electron chi connectivity index (χ0n) is 11.8. The van der Waals surface area contributed by atoms with Gasteiger partial charge in [-0.05, 0) is 48.1 Å². The zero-order valence-corrected chi connectivity index (χ0v) is 14.2. The fourth-order valence-corrected chi connectivity index (χ4v) is 2.22. The van der Waals surface area contributed by atoms with Crippen molar-refractivity contribution in [2.24, 2.45) is 0 Å². The number of anilines is 1. The van der Waals surface area contributed by atoms with E-state index in [9.17, 15) is 4.79 Å². The van der Waals surface area contributed by atoms with Gasteiger partial charge in [0.1, 0.15) is 0 Å². The molecule has 0 fully saturated rings. The Morgan fingerprint density at radius 3 is 2.57 bits per heavy atom. The van der Waals surface area contributed by atoms with Gasteiger partial charge in [-0.3, -0.25) is 15.6 Å². The Bertz CT molecular complexity index is 750. The number of thiocarbonyl (C=S) groups is 1. The van der Waals surface area contributed by atoms with Crippen molar-refractivity contribution in [3.63, 3.8) is 0 Å². The summed E-state index contributed by atoms with van der Waals surface area (Å²) in [7, 11) is 0. The van der Waals surface area contributed by atoms with Crippen molar-refractivity contribution in [1.82, 2.24) is 10.9 Å². The number of rotatable bonds is 3. The van der Waals surface area contributed by atoms with Crippen molar-refractivity contribution in [2.75, 3.05) is 5.32 Å². The molecule has 2 aromatic carbocycles. The average molecular weight is 366 g/mol. The van der Waals surface area contributed by atoms with E-state index in [4.69, 9.17) is 35.4 Å². The van der Waals surface area contributed by atoms with Crippen LogP contribution in [0.25, 0.3) is 6.08 Å². The summed E-state index contributed by atoms with van der Waals surface area (Å²) in [6, 6.07) is 14.3. The van der Waals surface area contributed by atoms with Crippen LogP contribution in [0.4, 0.5) is 5.69 Å². The molecule has 2 aromatic rings. The normalized spacial score (nSPS) is 10.3.